The molecule has 5 heteroatoms. The number of nitrogens with two attached hydrogens (primary N) is 1. The summed E-state index contributed by atoms with van der Waals surface area (Å²) < 4.78 is 5.32. The molecule has 2 aromatic heterocycles. The Hall–Kier alpha value is -2.04. The van der Waals surface area contributed by atoms with E-state index in [0.717, 1.165) is 41.5 Å². The van der Waals surface area contributed by atoms with E-state index in [0.29, 0.717) is 5.82 Å². The van der Waals surface area contributed by atoms with E-state index in [1.54, 1.807) is 6.26 Å². The SMILES string of the molecule is CCc1nc(N)c(C)c(N(C)Cc2ccoc2C)n1. The molecule has 0 saturated carbocycles. The second kappa shape index (κ2) is 5.30. The van der Waals surface area contributed by atoms with Crippen LogP contribution in [0.2, 0.25) is 0 Å². The van der Waals surface area contributed by atoms with Crippen molar-refractivity contribution in [3.05, 3.63) is 35.0 Å². The summed E-state index contributed by atoms with van der Waals surface area (Å²) in [6.07, 6.45) is 2.48. The van der Waals surface area contributed by atoms with Crippen LogP contribution in [0, 0.1) is 13.8 Å². The van der Waals surface area contributed by atoms with Gasteiger partial charge in [0.05, 0.1) is 6.26 Å². The molecule has 0 radical (unpaired) electrons. The Kier molecular flexibility index (Phi) is 3.74. The zero-order chi connectivity index (χ0) is 14.0. The maximum atomic E-state index is 5.94. The first-order valence-corrected chi connectivity index (χ1v) is 6.40. The quantitative estimate of drug-likeness (QED) is 0.914. The lowest BCUT2D eigenvalue weighted by Crippen LogP contribution is -2.21. The highest BCUT2D eigenvalue weighted by atomic mass is 16.3. The molecule has 102 valence electrons. The van der Waals surface area contributed by atoms with E-state index in [1.807, 2.05) is 33.9 Å². The molecule has 2 rings (SSSR count). The van der Waals surface area contributed by atoms with Gasteiger partial charge in [-0.05, 0) is 19.9 Å². The van der Waals surface area contributed by atoms with Crippen molar-refractivity contribution in [1.82, 2.24) is 9.97 Å². The summed E-state index contributed by atoms with van der Waals surface area (Å²) >= 11 is 0. The van der Waals surface area contributed by atoms with Gasteiger partial charge in [0, 0.05) is 31.1 Å². The maximum Gasteiger partial charge on any atom is 0.137 e. The third-order valence-electron chi connectivity index (χ3n) is 3.26. The topological polar surface area (TPSA) is 68.2 Å². The first kappa shape index (κ1) is 13.4. The fraction of sp³-hybridized carbons (Fsp3) is 0.429. The molecule has 0 amide bonds. The first-order valence-electron chi connectivity index (χ1n) is 6.40. The monoisotopic (exact) mass is 260 g/mol. The van der Waals surface area contributed by atoms with Crippen LogP contribution in [-0.2, 0) is 13.0 Å². The van der Waals surface area contributed by atoms with Crippen molar-refractivity contribution in [2.75, 3.05) is 17.7 Å². The van der Waals surface area contributed by atoms with Crippen LogP contribution < -0.4 is 10.6 Å². The van der Waals surface area contributed by atoms with Gasteiger partial charge in [0.1, 0.15) is 23.2 Å². The molecule has 2 aromatic rings. The number of hydrogen-bond donors (Lipinski definition) is 1. The number of hydrogen-bond acceptors (Lipinski definition) is 5. The zero-order valence-electron chi connectivity index (χ0n) is 11.9. The molecule has 0 saturated heterocycles. The van der Waals surface area contributed by atoms with Crippen molar-refractivity contribution < 1.29 is 4.42 Å². The number of aromatic nitrogens is 2. The first-order chi connectivity index (χ1) is 9.02. The van der Waals surface area contributed by atoms with Gasteiger partial charge in [-0.25, -0.2) is 9.97 Å². The Morgan fingerprint density at radius 2 is 2.05 bits per heavy atom. The molecule has 0 bridgehead atoms. The van der Waals surface area contributed by atoms with Crippen molar-refractivity contribution in [3.63, 3.8) is 0 Å². The Bertz CT molecular complexity index is 577. The van der Waals surface area contributed by atoms with Crippen LogP contribution in [0.1, 0.15) is 29.6 Å². The van der Waals surface area contributed by atoms with Crippen LogP contribution in [0.15, 0.2) is 16.7 Å². The summed E-state index contributed by atoms with van der Waals surface area (Å²) in [6, 6.07) is 1.98. The molecular formula is C14H20N4O. The minimum Gasteiger partial charge on any atom is -0.469 e. The normalized spacial score (nSPS) is 10.7. The predicted molar refractivity (Wildman–Crippen MR) is 76.1 cm³/mol. The van der Waals surface area contributed by atoms with Crippen molar-refractivity contribution in [2.24, 2.45) is 0 Å². The highest BCUT2D eigenvalue weighted by Crippen LogP contribution is 2.23. The number of nitrogens with zero attached hydrogens (tertiary/aromatic N) is 3. The summed E-state index contributed by atoms with van der Waals surface area (Å²) in [6.45, 7) is 6.67. The summed E-state index contributed by atoms with van der Waals surface area (Å²) in [5.74, 6) is 3.14. The standard InChI is InChI=1S/C14H20N4O/c1-5-12-16-13(15)9(2)14(17-12)18(4)8-11-6-7-19-10(11)3/h6-7H,5,8H2,1-4H3,(H2,15,16,17). The Morgan fingerprint density at radius 1 is 1.32 bits per heavy atom. The van der Waals surface area contributed by atoms with Gasteiger partial charge in [-0.1, -0.05) is 6.92 Å². The molecule has 2 heterocycles. The Labute approximate surface area is 113 Å². The second-order valence-electron chi connectivity index (χ2n) is 4.69. The number of rotatable bonds is 4. The van der Waals surface area contributed by atoms with Gasteiger partial charge in [0.2, 0.25) is 0 Å². The molecular weight excluding hydrogens is 240 g/mol. The largest absolute Gasteiger partial charge is 0.469 e. The molecule has 0 aromatic carbocycles. The molecule has 0 spiro atoms. The van der Waals surface area contributed by atoms with Gasteiger partial charge in [-0.15, -0.1) is 0 Å². The number of aryl methyl sites for hydroxylation is 2. The van der Waals surface area contributed by atoms with Crippen LogP contribution in [-0.4, -0.2) is 17.0 Å². The lowest BCUT2D eigenvalue weighted by atomic mass is 10.2. The van der Waals surface area contributed by atoms with Crippen LogP contribution in [0.25, 0.3) is 0 Å². The third-order valence-corrected chi connectivity index (χ3v) is 3.26. The average Bonchev–Trinajstić information content (AvgIpc) is 2.78. The predicted octanol–water partition coefficient (Wildman–Crippen LogP) is 2.47. The minimum atomic E-state index is 0.553. The van der Waals surface area contributed by atoms with E-state index in [4.69, 9.17) is 10.2 Å². The van der Waals surface area contributed by atoms with Gasteiger partial charge in [0.15, 0.2) is 0 Å². The summed E-state index contributed by atoms with van der Waals surface area (Å²) in [5, 5.41) is 0. The summed E-state index contributed by atoms with van der Waals surface area (Å²) in [7, 11) is 2.00. The van der Waals surface area contributed by atoms with E-state index >= 15 is 0 Å². The molecule has 0 aliphatic heterocycles. The molecule has 0 aliphatic carbocycles. The molecule has 0 unspecified atom stereocenters. The lowest BCUT2D eigenvalue weighted by molar-refractivity contribution is 0.529. The molecule has 5 nitrogen and oxygen atoms in total. The lowest BCUT2D eigenvalue weighted by Gasteiger charge is -2.21. The van der Waals surface area contributed by atoms with Gasteiger partial charge in [-0.3, -0.25) is 0 Å². The minimum absolute atomic E-state index is 0.553. The fourth-order valence-electron chi connectivity index (χ4n) is 2.00. The van der Waals surface area contributed by atoms with Gasteiger partial charge >= 0.3 is 0 Å². The molecule has 2 N–H and O–H groups in total. The highest BCUT2D eigenvalue weighted by molar-refractivity contribution is 5.56. The van der Waals surface area contributed by atoms with Crippen LogP contribution in [0.3, 0.4) is 0 Å². The van der Waals surface area contributed by atoms with E-state index in [9.17, 15) is 0 Å². The molecule has 0 atom stereocenters. The molecule has 19 heavy (non-hydrogen) atoms. The second-order valence-corrected chi connectivity index (χ2v) is 4.69. The number of nitrogen functional groups attached to an aromatic ring is 1. The van der Waals surface area contributed by atoms with Crippen LogP contribution >= 0.6 is 0 Å². The zero-order valence-corrected chi connectivity index (χ0v) is 11.9. The van der Waals surface area contributed by atoms with Crippen molar-refractivity contribution in [2.45, 2.75) is 33.7 Å². The number of furan rings is 1. The fourth-order valence-corrected chi connectivity index (χ4v) is 2.00. The number of anilines is 2. The third kappa shape index (κ3) is 2.70. The Morgan fingerprint density at radius 3 is 2.63 bits per heavy atom. The van der Waals surface area contributed by atoms with E-state index in [-0.39, 0.29) is 0 Å². The van der Waals surface area contributed by atoms with E-state index < -0.39 is 0 Å². The highest BCUT2D eigenvalue weighted by Gasteiger charge is 2.13. The van der Waals surface area contributed by atoms with Crippen LogP contribution in [0.4, 0.5) is 11.6 Å². The molecule has 0 aliphatic rings. The van der Waals surface area contributed by atoms with Gasteiger partial charge in [-0.2, -0.15) is 0 Å². The van der Waals surface area contributed by atoms with Crippen molar-refractivity contribution >= 4 is 11.6 Å². The van der Waals surface area contributed by atoms with E-state index in [1.165, 1.54) is 0 Å². The molecule has 0 fully saturated rings. The van der Waals surface area contributed by atoms with Gasteiger partial charge < -0.3 is 15.1 Å². The Balaban J connectivity index is 2.30. The van der Waals surface area contributed by atoms with Crippen molar-refractivity contribution in [3.8, 4) is 0 Å². The van der Waals surface area contributed by atoms with Crippen molar-refractivity contribution in [1.29, 1.82) is 0 Å². The van der Waals surface area contributed by atoms with Gasteiger partial charge in [0.25, 0.3) is 0 Å². The van der Waals surface area contributed by atoms with Crippen LogP contribution in [0.5, 0.6) is 0 Å². The smallest absolute Gasteiger partial charge is 0.137 e. The summed E-state index contributed by atoms with van der Waals surface area (Å²) in [4.78, 5) is 10.9. The maximum absolute atomic E-state index is 5.94. The summed E-state index contributed by atoms with van der Waals surface area (Å²) in [5.41, 5.74) is 8.01. The average molecular weight is 260 g/mol. The van der Waals surface area contributed by atoms with E-state index in [2.05, 4.69) is 14.9 Å².